The maximum absolute atomic E-state index is 13.6. The third kappa shape index (κ3) is 6.63. The van der Waals surface area contributed by atoms with Crippen molar-refractivity contribution >= 4 is 21.6 Å². The molecule has 8 heteroatoms. The summed E-state index contributed by atoms with van der Waals surface area (Å²) in [5.74, 6) is 1.22. The second-order valence-electron chi connectivity index (χ2n) is 9.15. The summed E-state index contributed by atoms with van der Waals surface area (Å²) in [5.41, 5.74) is 3.39. The first-order valence-electron chi connectivity index (χ1n) is 12.4. The molecule has 0 radical (unpaired) electrons. The molecule has 0 fully saturated rings. The molecule has 0 aliphatic carbocycles. The average molecular weight is 525 g/mol. The van der Waals surface area contributed by atoms with Crippen LogP contribution < -0.4 is 19.1 Å². The molecule has 3 rings (SSSR count). The van der Waals surface area contributed by atoms with Crippen molar-refractivity contribution in [3.05, 3.63) is 83.4 Å². The van der Waals surface area contributed by atoms with Gasteiger partial charge in [0.2, 0.25) is 5.91 Å². The van der Waals surface area contributed by atoms with Crippen LogP contribution in [0.15, 0.2) is 71.6 Å². The van der Waals surface area contributed by atoms with Crippen LogP contribution in [-0.2, 0) is 14.8 Å². The molecular formula is C29H36N2O5S. The number of rotatable bonds is 11. The Morgan fingerprint density at radius 2 is 1.62 bits per heavy atom. The molecule has 1 atom stereocenters. The SMILES string of the molecule is CCOc1ccc(S(=O)(=O)N(CC(=O)N[C@@H](C)c2cc(C(C)C)c(OC)cc2C)c2ccccc2)cc1. The molecule has 3 aromatic rings. The Kier molecular flexibility index (Phi) is 9.21. The fourth-order valence-corrected chi connectivity index (χ4v) is 5.64. The van der Waals surface area contributed by atoms with Crippen molar-refractivity contribution in [3.8, 4) is 11.5 Å². The lowest BCUT2D eigenvalue weighted by Crippen LogP contribution is -2.41. The van der Waals surface area contributed by atoms with Gasteiger partial charge in [0.05, 0.1) is 30.3 Å². The Labute approximate surface area is 220 Å². The van der Waals surface area contributed by atoms with Gasteiger partial charge >= 0.3 is 0 Å². The number of hydrogen-bond donors (Lipinski definition) is 1. The summed E-state index contributed by atoms with van der Waals surface area (Å²) >= 11 is 0. The number of carbonyl (C=O) groups excluding carboxylic acids is 1. The number of carbonyl (C=O) groups is 1. The molecule has 0 spiro atoms. The second kappa shape index (κ2) is 12.1. The fourth-order valence-electron chi connectivity index (χ4n) is 4.22. The molecule has 0 aliphatic heterocycles. The molecular weight excluding hydrogens is 488 g/mol. The minimum absolute atomic E-state index is 0.0771. The van der Waals surface area contributed by atoms with Crippen molar-refractivity contribution in [2.24, 2.45) is 0 Å². The summed E-state index contributed by atoms with van der Waals surface area (Å²) in [6.45, 7) is 10.0. The van der Waals surface area contributed by atoms with Gasteiger partial charge in [-0.25, -0.2) is 8.42 Å². The van der Waals surface area contributed by atoms with Crippen LogP contribution in [0.25, 0.3) is 0 Å². The number of ether oxygens (including phenoxy) is 2. The van der Waals surface area contributed by atoms with Crippen LogP contribution >= 0.6 is 0 Å². The average Bonchev–Trinajstić information content (AvgIpc) is 2.87. The van der Waals surface area contributed by atoms with Gasteiger partial charge in [0, 0.05) is 0 Å². The normalized spacial score (nSPS) is 12.2. The molecule has 0 aliphatic rings. The number of sulfonamides is 1. The quantitative estimate of drug-likeness (QED) is 0.353. The number of aryl methyl sites for hydroxylation is 1. The van der Waals surface area contributed by atoms with Crippen molar-refractivity contribution in [2.75, 3.05) is 24.6 Å². The van der Waals surface area contributed by atoms with Gasteiger partial charge in [-0.15, -0.1) is 0 Å². The molecule has 7 nitrogen and oxygen atoms in total. The number of benzene rings is 3. The first-order valence-corrected chi connectivity index (χ1v) is 13.8. The Balaban J connectivity index is 1.88. The predicted molar refractivity (Wildman–Crippen MR) is 147 cm³/mol. The van der Waals surface area contributed by atoms with Crippen LogP contribution in [0.4, 0.5) is 5.69 Å². The van der Waals surface area contributed by atoms with Gasteiger partial charge in [-0.05, 0) is 91.9 Å². The van der Waals surface area contributed by atoms with E-state index in [9.17, 15) is 13.2 Å². The Hall–Kier alpha value is -3.52. The number of nitrogens with zero attached hydrogens (tertiary/aromatic N) is 1. The smallest absolute Gasteiger partial charge is 0.264 e. The molecule has 0 bridgehead atoms. The first kappa shape index (κ1) is 28.1. The Bertz CT molecular complexity index is 1310. The molecule has 0 aromatic heterocycles. The Morgan fingerprint density at radius 3 is 2.19 bits per heavy atom. The summed E-state index contributed by atoms with van der Waals surface area (Å²) in [6, 6.07) is 18.5. The van der Waals surface area contributed by atoms with Crippen molar-refractivity contribution < 1.29 is 22.7 Å². The van der Waals surface area contributed by atoms with Crippen LogP contribution in [0.3, 0.4) is 0 Å². The molecule has 37 heavy (non-hydrogen) atoms. The highest BCUT2D eigenvalue weighted by molar-refractivity contribution is 7.92. The molecule has 0 saturated carbocycles. The van der Waals surface area contributed by atoms with E-state index >= 15 is 0 Å². The van der Waals surface area contributed by atoms with E-state index in [1.54, 1.807) is 49.6 Å². The van der Waals surface area contributed by atoms with Crippen molar-refractivity contribution in [3.63, 3.8) is 0 Å². The highest BCUT2D eigenvalue weighted by atomic mass is 32.2. The fraction of sp³-hybridized carbons (Fsp3) is 0.345. The molecule has 3 aromatic carbocycles. The third-order valence-corrected chi connectivity index (χ3v) is 7.93. The number of amides is 1. The van der Waals surface area contributed by atoms with Gasteiger partial charge in [0.1, 0.15) is 18.0 Å². The van der Waals surface area contributed by atoms with Crippen LogP contribution in [0.1, 0.15) is 56.3 Å². The number of methoxy groups -OCH3 is 1. The van der Waals surface area contributed by atoms with Gasteiger partial charge in [-0.3, -0.25) is 9.10 Å². The lowest BCUT2D eigenvalue weighted by molar-refractivity contribution is -0.120. The van der Waals surface area contributed by atoms with Crippen molar-refractivity contribution in [1.82, 2.24) is 5.32 Å². The summed E-state index contributed by atoms with van der Waals surface area (Å²) in [4.78, 5) is 13.3. The minimum atomic E-state index is -4.02. The van der Waals surface area contributed by atoms with E-state index in [-0.39, 0.29) is 23.4 Å². The zero-order valence-electron chi connectivity index (χ0n) is 22.3. The number of anilines is 1. The minimum Gasteiger partial charge on any atom is -0.496 e. The lowest BCUT2D eigenvalue weighted by atomic mass is 9.93. The summed E-state index contributed by atoms with van der Waals surface area (Å²) < 4.78 is 39.4. The van der Waals surface area contributed by atoms with Crippen LogP contribution in [0.2, 0.25) is 0 Å². The predicted octanol–water partition coefficient (Wildman–Crippen LogP) is 5.60. The van der Waals surface area contributed by atoms with E-state index in [1.165, 1.54) is 12.1 Å². The molecule has 1 N–H and O–H groups in total. The number of para-hydroxylation sites is 1. The van der Waals surface area contributed by atoms with Crippen molar-refractivity contribution in [2.45, 2.75) is 51.5 Å². The maximum Gasteiger partial charge on any atom is 0.264 e. The van der Waals surface area contributed by atoms with Gasteiger partial charge in [-0.2, -0.15) is 0 Å². The second-order valence-corrected chi connectivity index (χ2v) is 11.0. The zero-order chi connectivity index (χ0) is 27.2. The number of hydrogen-bond acceptors (Lipinski definition) is 5. The highest BCUT2D eigenvalue weighted by Crippen LogP contribution is 2.32. The summed E-state index contributed by atoms with van der Waals surface area (Å²) in [6.07, 6.45) is 0. The molecule has 1 amide bonds. The van der Waals surface area contributed by atoms with Crippen LogP contribution in [0.5, 0.6) is 11.5 Å². The van der Waals surface area contributed by atoms with Gasteiger partial charge in [0.25, 0.3) is 10.0 Å². The monoisotopic (exact) mass is 524 g/mol. The van der Waals surface area contributed by atoms with Crippen LogP contribution in [-0.4, -0.2) is 34.6 Å². The third-order valence-electron chi connectivity index (χ3n) is 6.14. The van der Waals surface area contributed by atoms with E-state index in [0.717, 1.165) is 26.7 Å². The zero-order valence-corrected chi connectivity index (χ0v) is 23.1. The highest BCUT2D eigenvalue weighted by Gasteiger charge is 2.28. The van der Waals surface area contributed by atoms with E-state index in [0.29, 0.717) is 18.0 Å². The standard InChI is InChI=1S/C29H36N2O5S/c1-7-36-24-13-15-25(16-14-24)37(33,34)31(23-11-9-8-10-12-23)19-29(32)30-22(5)27-18-26(20(2)3)28(35-6)17-21(27)4/h8-18,20,22H,7,19H2,1-6H3,(H,30,32)/t22-/m0/s1. The maximum atomic E-state index is 13.6. The van der Waals surface area contributed by atoms with Gasteiger partial charge in [0.15, 0.2) is 0 Å². The molecule has 0 heterocycles. The van der Waals surface area contributed by atoms with E-state index in [4.69, 9.17) is 9.47 Å². The topological polar surface area (TPSA) is 84.9 Å². The lowest BCUT2D eigenvalue weighted by Gasteiger charge is -2.26. The van der Waals surface area contributed by atoms with Crippen molar-refractivity contribution in [1.29, 1.82) is 0 Å². The van der Waals surface area contributed by atoms with E-state index < -0.39 is 15.9 Å². The van der Waals surface area contributed by atoms with Crippen LogP contribution in [0, 0.1) is 6.92 Å². The summed E-state index contributed by atoms with van der Waals surface area (Å²) in [7, 11) is -2.37. The summed E-state index contributed by atoms with van der Waals surface area (Å²) in [5, 5.41) is 2.98. The number of nitrogens with one attached hydrogen (secondary N) is 1. The van der Waals surface area contributed by atoms with E-state index in [1.807, 2.05) is 26.8 Å². The first-order chi connectivity index (χ1) is 17.6. The Morgan fingerprint density at radius 1 is 0.973 bits per heavy atom. The van der Waals surface area contributed by atoms with Gasteiger partial charge < -0.3 is 14.8 Å². The largest absolute Gasteiger partial charge is 0.496 e. The molecule has 198 valence electrons. The van der Waals surface area contributed by atoms with Gasteiger partial charge in [-0.1, -0.05) is 32.0 Å². The molecule has 0 saturated heterocycles. The molecule has 0 unspecified atom stereocenters. The van der Waals surface area contributed by atoms with E-state index in [2.05, 4.69) is 25.2 Å².